The molecule has 1 aliphatic heterocycles. The third kappa shape index (κ3) is 2.90. The molecule has 1 unspecified atom stereocenters. The quantitative estimate of drug-likeness (QED) is 0.783. The Morgan fingerprint density at radius 1 is 1.12 bits per heavy atom. The van der Waals surface area contributed by atoms with E-state index in [1.54, 1.807) is 17.0 Å². The normalized spacial score (nSPS) is 17.1. The number of benzene rings is 2. The second kappa shape index (κ2) is 6.66. The van der Waals surface area contributed by atoms with Gasteiger partial charge in [-0.1, -0.05) is 24.6 Å². The zero-order valence-corrected chi connectivity index (χ0v) is 15.3. The van der Waals surface area contributed by atoms with Crippen molar-refractivity contribution in [3.05, 3.63) is 59.2 Å². The molecule has 0 N–H and O–H groups in total. The minimum absolute atomic E-state index is 0.0304. The second-order valence-corrected chi connectivity index (χ2v) is 6.56. The molecule has 2 aromatic rings. The largest absolute Gasteiger partial charge is 0.306 e. The van der Waals surface area contributed by atoms with E-state index in [2.05, 4.69) is 6.07 Å². The van der Waals surface area contributed by atoms with Gasteiger partial charge in [-0.25, -0.2) is 0 Å². The molecule has 1 heterocycles. The topological polar surface area (TPSA) is 47.3 Å². The maximum atomic E-state index is 13.0. The van der Waals surface area contributed by atoms with E-state index in [-0.39, 0.29) is 11.9 Å². The van der Waals surface area contributed by atoms with Crippen molar-refractivity contribution in [1.29, 1.82) is 5.26 Å². The number of amides is 1. The number of nitriles is 1. The predicted molar refractivity (Wildman–Crippen MR) is 104 cm³/mol. The van der Waals surface area contributed by atoms with Gasteiger partial charge < -0.3 is 4.90 Å². The van der Waals surface area contributed by atoms with Gasteiger partial charge in [-0.2, -0.15) is 5.26 Å². The lowest BCUT2D eigenvalue weighted by Gasteiger charge is -2.23. The van der Waals surface area contributed by atoms with Crippen molar-refractivity contribution in [3.63, 3.8) is 0 Å². The van der Waals surface area contributed by atoms with Gasteiger partial charge in [0.1, 0.15) is 6.04 Å². The van der Waals surface area contributed by atoms with Crippen LogP contribution in [-0.2, 0) is 4.79 Å². The molecule has 0 aromatic heterocycles. The molecule has 1 atom stereocenters. The summed E-state index contributed by atoms with van der Waals surface area (Å²) in [7, 11) is 0. The Morgan fingerprint density at radius 3 is 2.32 bits per heavy atom. The summed E-state index contributed by atoms with van der Waals surface area (Å²) < 4.78 is 0. The van der Waals surface area contributed by atoms with E-state index in [4.69, 9.17) is 17.5 Å². The molecule has 2 aromatic carbocycles. The van der Waals surface area contributed by atoms with Gasteiger partial charge in [0.05, 0.1) is 17.3 Å². The number of hydrogen-bond donors (Lipinski definition) is 0. The SMILES string of the molecule is CCC1C(=O)N(c2ccc(C#N)c(C)c2)C(=S)N1c1ccc(C)cc1. The van der Waals surface area contributed by atoms with Crippen LogP contribution in [0.4, 0.5) is 11.4 Å². The third-order valence-corrected chi connectivity index (χ3v) is 4.88. The Labute approximate surface area is 153 Å². The van der Waals surface area contributed by atoms with E-state index in [9.17, 15) is 4.79 Å². The highest BCUT2D eigenvalue weighted by Gasteiger charge is 2.42. The minimum atomic E-state index is -0.314. The molecule has 1 amide bonds. The van der Waals surface area contributed by atoms with E-state index in [0.29, 0.717) is 22.8 Å². The number of aryl methyl sites for hydroxylation is 2. The van der Waals surface area contributed by atoms with Crippen LogP contribution in [0.25, 0.3) is 0 Å². The number of rotatable bonds is 3. The van der Waals surface area contributed by atoms with Crippen molar-refractivity contribution < 1.29 is 4.79 Å². The van der Waals surface area contributed by atoms with Crippen LogP contribution >= 0.6 is 12.2 Å². The summed E-state index contributed by atoms with van der Waals surface area (Å²) in [6, 6.07) is 15.2. The summed E-state index contributed by atoms with van der Waals surface area (Å²) in [5, 5.41) is 9.58. The van der Waals surface area contributed by atoms with E-state index in [0.717, 1.165) is 16.8 Å². The second-order valence-electron chi connectivity index (χ2n) is 6.20. The molecule has 25 heavy (non-hydrogen) atoms. The van der Waals surface area contributed by atoms with Crippen molar-refractivity contribution in [3.8, 4) is 6.07 Å². The summed E-state index contributed by atoms with van der Waals surface area (Å²) in [6.45, 7) is 5.88. The summed E-state index contributed by atoms with van der Waals surface area (Å²) in [6.07, 6.45) is 0.665. The summed E-state index contributed by atoms with van der Waals surface area (Å²) in [5.41, 5.74) is 4.22. The molecule has 126 valence electrons. The molecule has 3 rings (SSSR count). The van der Waals surface area contributed by atoms with Gasteiger partial charge in [-0.15, -0.1) is 0 Å². The van der Waals surface area contributed by atoms with Crippen LogP contribution in [0.15, 0.2) is 42.5 Å². The highest BCUT2D eigenvalue weighted by molar-refractivity contribution is 7.81. The lowest BCUT2D eigenvalue weighted by Crippen LogP contribution is -2.34. The molecule has 1 aliphatic rings. The summed E-state index contributed by atoms with van der Waals surface area (Å²) >= 11 is 5.65. The monoisotopic (exact) mass is 349 g/mol. The first-order valence-electron chi connectivity index (χ1n) is 8.22. The Morgan fingerprint density at radius 2 is 1.76 bits per heavy atom. The molecule has 0 saturated carbocycles. The molecule has 0 radical (unpaired) electrons. The zero-order valence-electron chi connectivity index (χ0n) is 14.5. The van der Waals surface area contributed by atoms with Crippen molar-refractivity contribution in [2.24, 2.45) is 0 Å². The van der Waals surface area contributed by atoms with Crippen molar-refractivity contribution in [2.75, 3.05) is 9.80 Å². The lowest BCUT2D eigenvalue weighted by atomic mass is 10.1. The van der Waals surface area contributed by atoms with Gasteiger partial charge in [0.25, 0.3) is 5.91 Å². The van der Waals surface area contributed by atoms with Crippen molar-refractivity contribution >= 4 is 34.6 Å². The molecular weight excluding hydrogens is 330 g/mol. The van der Waals surface area contributed by atoms with E-state index < -0.39 is 0 Å². The van der Waals surface area contributed by atoms with Gasteiger partial charge in [0.2, 0.25) is 0 Å². The highest BCUT2D eigenvalue weighted by atomic mass is 32.1. The summed E-state index contributed by atoms with van der Waals surface area (Å²) in [5.74, 6) is -0.0304. The maximum absolute atomic E-state index is 13.0. The van der Waals surface area contributed by atoms with Crippen molar-refractivity contribution in [1.82, 2.24) is 0 Å². The van der Waals surface area contributed by atoms with Crippen LogP contribution in [-0.4, -0.2) is 17.1 Å². The number of carbonyl (C=O) groups is 1. The predicted octanol–water partition coefficient (Wildman–Crippen LogP) is 4.09. The molecule has 1 fully saturated rings. The van der Waals surface area contributed by atoms with Gasteiger partial charge in [0, 0.05) is 5.69 Å². The Kier molecular flexibility index (Phi) is 4.56. The number of hydrogen-bond acceptors (Lipinski definition) is 3. The number of carbonyl (C=O) groups excluding carboxylic acids is 1. The fourth-order valence-electron chi connectivity index (χ4n) is 3.10. The van der Waals surface area contributed by atoms with E-state index >= 15 is 0 Å². The first-order chi connectivity index (χ1) is 12.0. The average molecular weight is 349 g/mol. The van der Waals surface area contributed by atoms with Crippen LogP contribution in [0.3, 0.4) is 0 Å². The highest BCUT2D eigenvalue weighted by Crippen LogP contribution is 2.32. The van der Waals surface area contributed by atoms with Gasteiger partial charge >= 0.3 is 0 Å². The zero-order chi connectivity index (χ0) is 18.1. The van der Waals surface area contributed by atoms with Gasteiger partial charge in [-0.05, 0) is 68.4 Å². The van der Waals surface area contributed by atoms with Crippen LogP contribution in [0, 0.1) is 25.2 Å². The molecule has 0 bridgehead atoms. The molecule has 5 heteroatoms. The maximum Gasteiger partial charge on any atom is 0.256 e. The third-order valence-electron chi connectivity index (χ3n) is 4.50. The number of thiocarbonyl (C=S) groups is 1. The lowest BCUT2D eigenvalue weighted by molar-refractivity contribution is -0.117. The first kappa shape index (κ1) is 17.1. The molecule has 1 saturated heterocycles. The molecule has 4 nitrogen and oxygen atoms in total. The standard InChI is InChI=1S/C20H19N3OS/c1-4-18-19(24)23(17-10-7-15(12-21)14(3)11-17)20(25)22(18)16-8-5-13(2)6-9-16/h5-11,18H,4H2,1-3H3. The van der Waals surface area contributed by atoms with Crippen LogP contribution in [0.1, 0.15) is 30.0 Å². The molecule has 0 aliphatic carbocycles. The van der Waals surface area contributed by atoms with Gasteiger partial charge in [0.15, 0.2) is 5.11 Å². The molecular formula is C20H19N3OS. The van der Waals surface area contributed by atoms with Gasteiger partial charge in [-0.3, -0.25) is 9.69 Å². The minimum Gasteiger partial charge on any atom is -0.306 e. The van der Waals surface area contributed by atoms with Crippen LogP contribution in [0.2, 0.25) is 0 Å². The number of anilines is 2. The van der Waals surface area contributed by atoms with E-state index in [1.165, 1.54) is 0 Å². The fraction of sp³-hybridized carbons (Fsp3) is 0.250. The molecule has 0 spiro atoms. The Hall–Kier alpha value is -2.71. The Balaban J connectivity index is 2.03. The fourth-order valence-corrected chi connectivity index (χ4v) is 3.53. The number of nitrogens with zero attached hydrogens (tertiary/aromatic N) is 3. The average Bonchev–Trinajstić information content (AvgIpc) is 2.85. The van der Waals surface area contributed by atoms with Crippen LogP contribution in [0.5, 0.6) is 0 Å². The van der Waals surface area contributed by atoms with Crippen LogP contribution < -0.4 is 9.80 Å². The smallest absolute Gasteiger partial charge is 0.256 e. The van der Waals surface area contributed by atoms with Crippen molar-refractivity contribution in [2.45, 2.75) is 33.2 Å². The first-order valence-corrected chi connectivity index (χ1v) is 8.63. The Bertz CT molecular complexity index is 883. The van der Waals surface area contributed by atoms with E-state index in [1.807, 2.05) is 56.0 Å². The summed E-state index contributed by atoms with van der Waals surface area (Å²) in [4.78, 5) is 16.5.